The SMILES string of the molecule is Cc1cc(C(=O)Nc2sc3c(c2C(=O)NC2CC2)CCC3)no1. The fourth-order valence-electron chi connectivity index (χ4n) is 2.86. The minimum Gasteiger partial charge on any atom is -0.361 e. The van der Waals surface area contributed by atoms with Gasteiger partial charge in [0.2, 0.25) is 0 Å². The molecule has 0 spiro atoms. The van der Waals surface area contributed by atoms with Gasteiger partial charge in [-0.05, 0) is 44.6 Å². The molecule has 1 fully saturated rings. The molecule has 2 N–H and O–H groups in total. The summed E-state index contributed by atoms with van der Waals surface area (Å²) in [4.78, 5) is 26.1. The van der Waals surface area contributed by atoms with E-state index in [0.29, 0.717) is 22.4 Å². The van der Waals surface area contributed by atoms with Crippen LogP contribution in [0.25, 0.3) is 0 Å². The molecule has 2 aliphatic rings. The lowest BCUT2D eigenvalue weighted by Crippen LogP contribution is -2.27. The number of amides is 2. The molecule has 2 aromatic heterocycles. The topological polar surface area (TPSA) is 84.2 Å². The van der Waals surface area contributed by atoms with Gasteiger partial charge in [0, 0.05) is 17.0 Å². The summed E-state index contributed by atoms with van der Waals surface area (Å²) < 4.78 is 4.94. The van der Waals surface area contributed by atoms with Gasteiger partial charge in [-0.15, -0.1) is 11.3 Å². The molecule has 2 aliphatic carbocycles. The predicted molar refractivity (Wildman–Crippen MR) is 86.0 cm³/mol. The van der Waals surface area contributed by atoms with Gasteiger partial charge in [0.25, 0.3) is 11.8 Å². The van der Waals surface area contributed by atoms with Gasteiger partial charge in [0.1, 0.15) is 10.8 Å². The summed E-state index contributed by atoms with van der Waals surface area (Å²) in [6.45, 7) is 1.73. The monoisotopic (exact) mass is 331 g/mol. The van der Waals surface area contributed by atoms with Crippen molar-refractivity contribution in [2.75, 3.05) is 5.32 Å². The highest BCUT2D eigenvalue weighted by atomic mass is 32.1. The Balaban J connectivity index is 1.62. The molecular formula is C16H17N3O3S. The Morgan fingerprint density at radius 3 is 2.83 bits per heavy atom. The van der Waals surface area contributed by atoms with Gasteiger partial charge in [0.05, 0.1) is 5.56 Å². The van der Waals surface area contributed by atoms with E-state index in [0.717, 1.165) is 37.7 Å². The van der Waals surface area contributed by atoms with Gasteiger partial charge in [-0.1, -0.05) is 5.16 Å². The molecule has 6 nitrogen and oxygen atoms in total. The van der Waals surface area contributed by atoms with E-state index in [1.807, 2.05) is 0 Å². The second-order valence-corrected chi connectivity index (χ2v) is 7.19. The van der Waals surface area contributed by atoms with Crippen molar-refractivity contribution in [2.24, 2.45) is 0 Å². The van der Waals surface area contributed by atoms with Crippen LogP contribution in [-0.4, -0.2) is 23.0 Å². The first kappa shape index (κ1) is 14.4. The summed E-state index contributed by atoms with van der Waals surface area (Å²) in [6.07, 6.45) is 5.03. The van der Waals surface area contributed by atoms with Gasteiger partial charge in [-0.2, -0.15) is 0 Å². The summed E-state index contributed by atoms with van der Waals surface area (Å²) in [7, 11) is 0. The number of fused-ring (bicyclic) bond motifs is 1. The van der Waals surface area contributed by atoms with Crippen molar-refractivity contribution in [1.29, 1.82) is 0 Å². The van der Waals surface area contributed by atoms with Crippen LogP contribution in [0.4, 0.5) is 5.00 Å². The number of rotatable bonds is 4. The number of nitrogens with one attached hydrogen (secondary N) is 2. The Hall–Kier alpha value is -2.15. The minimum atomic E-state index is -0.345. The van der Waals surface area contributed by atoms with Crippen LogP contribution in [0.15, 0.2) is 10.6 Å². The molecule has 2 aromatic rings. The summed E-state index contributed by atoms with van der Waals surface area (Å²) in [5.74, 6) is 0.163. The Morgan fingerprint density at radius 1 is 1.30 bits per heavy atom. The van der Waals surface area contributed by atoms with Crippen LogP contribution in [0.5, 0.6) is 0 Å². The molecule has 0 radical (unpaired) electrons. The van der Waals surface area contributed by atoms with Crippen molar-refractivity contribution in [2.45, 2.75) is 45.1 Å². The van der Waals surface area contributed by atoms with E-state index in [9.17, 15) is 9.59 Å². The zero-order chi connectivity index (χ0) is 16.0. The standard InChI is InChI=1S/C16H17N3O3S/c1-8-7-11(19-22-8)14(20)18-16-13(15(21)17-9-5-6-9)10-3-2-4-12(10)23-16/h7,9H,2-6H2,1H3,(H,17,21)(H,18,20). The first-order valence-electron chi connectivity index (χ1n) is 7.82. The van der Waals surface area contributed by atoms with E-state index >= 15 is 0 Å². The van der Waals surface area contributed by atoms with E-state index in [4.69, 9.17) is 4.52 Å². The Kier molecular flexibility index (Phi) is 3.45. The molecule has 0 aliphatic heterocycles. The molecule has 4 rings (SSSR count). The lowest BCUT2D eigenvalue weighted by Gasteiger charge is -2.08. The zero-order valence-electron chi connectivity index (χ0n) is 12.8. The molecule has 0 saturated heterocycles. The maximum atomic E-state index is 12.6. The molecule has 120 valence electrons. The third-order valence-electron chi connectivity index (χ3n) is 4.15. The molecule has 0 atom stereocenters. The van der Waals surface area contributed by atoms with Crippen LogP contribution in [0.3, 0.4) is 0 Å². The molecule has 2 amide bonds. The summed E-state index contributed by atoms with van der Waals surface area (Å²) in [5, 5.41) is 10.2. The molecule has 0 bridgehead atoms. The highest BCUT2D eigenvalue weighted by molar-refractivity contribution is 7.17. The highest BCUT2D eigenvalue weighted by Crippen LogP contribution is 2.39. The van der Waals surface area contributed by atoms with E-state index < -0.39 is 0 Å². The van der Waals surface area contributed by atoms with Crippen molar-refractivity contribution in [3.63, 3.8) is 0 Å². The number of carbonyl (C=O) groups excluding carboxylic acids is 2. The Labute approximate surface area is 137 Å². The van der Waals surface area contributed by atoms with Crippen LogP contribution in [0, 0.1) is 6.92 Å². The lowest BCUT2D eigenvalue weighted by molar-refractivity contribution is 0.0951. The number of hydrogen-bond acceptors (Lipinski definition) is 5. The number of aromatic nitrogens is 1. The number of hydrogen-bond donors (Lipinski definition) is 2. The molecule has 1 saturated carbocycles. The number of anilines is 1. The molecule has 0 unspecified atom stereocenters. The smallest absolute Gasteiger partial charge is 0.278 e. The fourth-order valence-corrected chi connectivity index (χ4v) is 4.14. The first-order chi connectivity index (χ1) is 11.1. The predicted octanol–water partition coefficient (Wildman–Crippen LogP) is 2.68. The van der Waals surface area contributed by atoms with Gasteiger partial charge in [-0.3, -0.25) is 9.59 Å². The third-order valence-corrected chi connectivity index (χ3v) is 5.36. The van der Waals surface area contributed by atoms with Crippen molar-refractivity contribution in [1.82, 2.24) is 10.5 Å². The van der Waals surface area contributed by atoms with Gasteiger partial charge in [-0.25, -0.2) is 0 Å². The number of thiophene rings is 1. The summed E-state index contributed by atoms with van der Waals surface area (Å²) in [6, 6.07) is 1.88. The largest absolute Gasteiger partial charge is 0.361 e. The normalized spacial score (nSPS) is 16.2. The van der Waals surface area contributed by atoms with E-state index in [-0.39, 0.29) is 17.5 Å². The Morgan fingerprint density at radius 2 is 2.13 bits per heavy atom. The molecule has 0 aromatic carbocycles. The Bertz CT molecular complexity index is 789. The van der Waals surface area contributed by atoms with E-state index in [1.165, 1.54) is 16.2 Å². The summed E-state index contributed by atoms with van der Waals surface area (Å²) in [5.41, 5.74) is 1.97. The maximum Gasteiger partial charge on any atom is 0.278 e. The van der Waals surface area contributed by atoms with Gasteiger partial charge >= 0.3 is 0 Å². The van der Waals surface area contributed by atoms with Gasteiger partial charge in [0.15, 0.2) is 5.69 Å². The first-order valence-corrected chi connectivity index (χ1v) is 8.63. The van der Waals surface area contributed by atoms with Crippen LogP contribution < -0.4 is 10.6 Å². The minimum absolute atomic E-state index is 0.0708. The second kappa shape index (κ2) is 5.49. The van der Waals surface area contributed by atoms with E-state index in [1.54, 1.807) is 13.0 Å². The summed E-state index contributed by atoms with van der Waals surface area (Å²) >= 11 is 1.50. The zero-order valence-corrected chi connectivity index (χ0v) is 13.6. The van der Waals surface area contributed by atoms with Crippen LogP contribution in [0.1, 0.15) is 56.3 Å². The number of aryl methyl sites for hydroxylation is 2. The fraction of sp³-hybridized carbons (Fsp3) is 0.438. The van der Waals surface area contributed by atoms with Crippen molar-refractivity contribution < 1.29 is 14.1 Å². The highest BCUT2D eigenvalue weighted by Gasteiger charge is 2.31. The number of carbonyl (C=O) groups is 2. The molecular weight excluding hydrogens is 314 g/mol. The van der Waals surface area contributed by atoms with E-state index in [2.05, 4.69) is 15.8 Å². The molecule has 7 heteroatoms. The van der Waals surface area contributed by atoms with Crippen molar-refractivity contribution in [3.05, 3.63) is 33.5 Å². The average molecular weight is 331 g/mol. The number of nitrogens with zero attached hydrogens (tertiary/aromatic N) is 1. The van der Waals surface area contributed by atoms with Crippen molar-refractivity contribution in [3.8, 4) is 0 Å². The van der Waals surface area contributed by atoms with Crippen LogP contribution in [-0.2, 0) is 12.8 Å². The molecule has 2 heterocycles. The van der Waals surface area contributed by atoms with Crippen molar-refractivity contribution >= 4 is 28.2 Å². The molecule has 23 heavy (non-hydrogen) atoms. The van der Waals surface area contributed by atoms with Crippen LogP contribution in [0.2, 0.25) is 0 Å². The van der Waals surface area contributed by atoms with Gasteiger partial charge < -0.3 is 15.2 Å². The quantitative estimate of drug-likeness (QED) is 0.902. The maximum absolute atomic E-state index is 12.6. The third kappa shape index (κ3) is 2.76. The lowest BCUT2D eigenvalue weighted by atomic mass is 10.1. The second-order valence-electron chi connectivity index (χ2n) is 6.09. The average Bonchev–Trinajstić information content (AvgIpc) is 2.91. The van der Waals surface area contributed by atoms with Crippen LogP contribution >= 0.6 is 11.3 Å².